The summed E-state index contributed by atoms with van der Waals surface area (Å²) in [7, 11) is 0. The fourth-order valence-corrected chi connectivity index (χ4v) is 3.43. The van der Waals surface area contributed by atoms with Crippen molar-refractivity contribution in [3.8, 4) is 0 Å². The SMILES string of the molecule is CCO[C@H](c1ccc(C(CC)CC(=O)O)cc1NC(=O)Nc1ccc(Cl)cc1F)C(F)(F)F. The zero-order chi connectivity index (χ0) is 24.8. The van der Waals surface area contributed by atoms with Gasteiger partial charge in [0.25, 0.3) is 0 Å². The second-order valence-electron chi connectivity index (χ2n) is 7.13. The largest absolute Gasteiger partial charge is 0.481 e. The van der Waals surface area contributed by atoms with E-state index in [2.05, 4.69) is 10.6 Å². The molecule has 0 radical (unpaired) electrons. The third-order valence-electron chi connectivity index (χ3n) is 4.80. The van der Waals surface area contributed by atoms with Crippen LogP contribution in [-0.2, 0) is 9.53 Å². The number of nitrogens with one attached hydrogen (secondary N) is 2. The summed E-state index contributed by atoms with van der Waals surface area (Å²) in [4.78, 5) is 23.7. The number of amides is 2. The molecular weight excluding hydrogens is 468 g/mol. The Hall–Kier alpha value is -2.85. The number of benzene rings is 2. The number of halogens is 5. The number of aliphatic carboxylic acids is 1. The van der Waals surface area contributed by atoms with Crippen molar-refractivity contribution >= 4 is 35.0 Å². The molecular formula is C22H23ClF4N2O4. The number of carbonyl (C=O) groups excluding carboxylic acids is 1. The molecule has 3 N–H and O–H groups in total. The third kappa shape index (κ3) is 7.33. The van der Waals surface area contributed by atoms with Gasteiger partial charge in [0.15, 0.2) is 6.10 Å². The monoisotopic (exact) mass is 490 g/mol. The van der Waals surface area contributed by atoms with Gasteiger partial charge in [0.2, 0.25) is 0 Å². The van der Waals surface area contributed by atoms with Crippen molar-refractivity contribution in [3.63, 3.8) is 0 Å². The predicted molar refractivity (Wildman–Crippen MR) is 116 cm³/mol. The molecule has 0 aliphatic heterocycles. The van der Waals surface area contributed by atoms with E-state index in [0.29, 0.717) is 12.0 Å². The van der Waals surface area contributed by atoms with Gasteiger partial charge in [-0.25, -0.2) is 9.18 Å². The lowest BCUT2D eigenvalue weighted by Gasteiger charge is -2.25. The Bertz CT molecular complexity index is 1000. The van der Waals surface area contributed by atoms with E-state index >= 15 is 0 Å². The second-order valence-corrected chi connectivity index (χ2v) is 7.57. The highest BCUT2D eigenvalue weighted by Crippen LogP contribution is 2.40. The second kappa shape index (κ2) is 11.3. The van der Waals surface area contributed by atoms with Crippen molar-refractivity contribution in [2.45, 2.75) is 44.9 Å². The van der Waals surface area contributed by atoms with Crippen LogP contribution in [0.5, 0.6) is 0 Å². The smallest absolute Gasteiger partial charge is 0.418 e. The van der Waals surface area contributed by atoms with Crippen LogP contribution < -0.4 is 10.6 Å². The Labute approximate surface area is 192 Å². The average molecular weight is 491 g/mol. The molecule has 0 aromatic heterocycles. The quantitative estimate of drug-likeness (QED) is 0.340. The van der Waals surface area contributed by atoms with E-state index in [-0.39, 0.29) is 35.0 Å². The van der Waals surface area contributed by atoms with E-state index in [0.717, 1.165) is 12.1 Å². The third-order valence-corrected chi connectivity index (χ3v) is 5.04. The van der Waals surface area contributed by atoms with Crippen molar-refractivity contribution in [3.05, 3.63) is 58.4 Å². The number of carboxylic acid groups (broad SMARTS) is 1. The first-order valence-corrected chi connectivity index (χ1v) is 10.4. The first-order chi connectivity index (χ1) is 15.5. The molecule has 2 aromatic carbocycles. The van der Waals surface area contributed by atoms with Crippen molar-refractivity contribution in [2.75, 3.05) is 17.2 Å². The summed E-state index contributed by atoms with van der Waals surface area (Å²) < 4.78 is 59.8. The van der Waals surface area contributed by atoms with Gasteiger partial charge in [0, 0.05) is 22.9 Å². The van der Waals surface area contributed by atoms with Crippen molar-refractivity contribution < 1.29 is 37.0 Å². The van der Waals surface area contributed by atoms with Gasteiger partial charge in [0.05, 0.1) is 12.1 Å². The molecule has 180 valence electrons. The number of urea groups is 1. The highest BCUT2D eigenvalue weighted by Gasteiger charge is 2.43. The number of hydrogen-bond donors (Lipinski definition) is 3. The topological polar surface area (TPSA) is 87.7 Å². The maximum Gasteiger partial charge on any atom is 0.418 e. The molecule has 0 saturated heterocycles. The minimum atomic E-state index is -4.78. The van der Waals surface area contributed by atoms with Gasteiger partial charge in [-0.2, -0.15) is 13.2 Å². The lowest BCUT2D eigenvalue weighted by atomic mass is 9.91. The normalized spacial score (nSPS) is 13.3. The highest BCUT2D eigenvalue weighted by atomic mass is 35.5. The molecule has 1 unspecified atom stereocenters. The van der Waals surface area contributed by atoms with Crippen LogP contribution in [0.15, 0.2) is 36.4 Å². The molecule has 0 spiro atoms. The fourth-order valence-electron chi connectivity index (χ4n) is 3.27. The lowest BCUT2D eigenvalue weighted by Crippen LogP contribution is -2.27. The summed E-state index contributed by atoms with van der Waals surface area (Å²) in [6.07, 6.45) is -6.95. The van der Waals surface area contributed by atoms with Crippen molar-refractivity contribution in [1.82, 2.24) is 0 Å². The van der Waals surface area contributed by atoms with Crippen LogP contribution in [0.3, 0.4) is 0 Å². The van der Waals surface area contributed by atoms with Gasteiger partial charge in [0.1, 0.15) is 5.82 Å². The molecule has 0 aliphatic rings. The van der Waals surface area contributed by atoms with Gasteiger partial charge in [-0.1, -0.05) is 30.7 Å². The number of ether oxygens (including phenoxy) is 1. The first kappa shape index (κ1) is 26.4. The first-order valence-electron chi connectivity index (χ1n) is 10.0. The predicted octanol–water partition coefficient (Wildman–Crippen LogP) is 6.73. The number of carboxylic acids is 1. The van der Waals surface area contributed by atoms with Gasteiger partial charge >= 0.3 is 18.2 Å². The minimum Gasteiger partial charge on any atom is -0.481 e. The summed E-state index contributed by atoms with van der Waals surface area (Å²) in [5, 5.41) is 13.8. The molecule has 0 aliphatic carbocycles. The summed E-state index contributed by atoms with van der Waals surface area (Å²) in [6.45, 7) is 2.89. The highest BCUT2D eigenvalue weighted by molar-refractivity contribution is 6.30. The van der Waals surface area contributed by atoms with E-state index in [1.807, 2.05) is 0 Å². The van der Waals surface area contributed by atoms with Gasteiger partial charge in [-0.05, 0) is 49.1 Å². The molecule has 0 saturated carbocycles. The summed E-state index contributed by atoms with van der Waals surface area (Å²) in [5.74, 6) is -2.40. The molecule has 0 heterocycles. The summed E-state index contributed by atoms with van der Waals surface area (Å²) in [5.41, 5.74) is -0.415. The van der Waals surface area contributed by atoms with E-state index < -0.39 is 36.0 Å². The summed E-state index contributed by atoms with van der Waals surface area (Å²) in [6, 6.07) is 6.31. The maximum absolute atomic E-state index is 14.0. The molecule has 11 heteroatoms. The van der Waals surface area contributed by atoms with Crippen LogP contribution in [0.4, 0.5) is 33.7 Å². The van der Waals surface area contributed by atoms with Gasteiger partial charge in [-0.3, -0.25) is 4.79 Å². The number of rotatable bonds is 9. The Kier molecular flexibility index (Phi) is 9.07. The molecule has 33 heavy (non-hydrogen) atoms. The molecule has 2 aromatic rings. The van der Waals surface area contributed by atoms with Gasteiger partial charge in [-0.15, -0.1) is 0 Å². The molecule has 6 nitrogen and oxygen atoms in total. The van der Waals surface area contributed by atoms with Crippen molar-refractivity contribution in [1.29, 1.82) is 0 Å². The minimum absolute atomic E-state index is 0.0993. The van der Waals surface area contributed by atoms with Crippen LogP contribution in [0.2, 0.25) is 5.02 Å². The molecule has 2 rings (SSSR count). The summed E-state index contributed by atoms with van der Waals surface area (Å²) >= 11 is 5.68. The standard InChI is InChI=1S/C22H23ClF4N2O4/c1-3-12(10-19(30)31)13-5-7-15(20(33-4-2)22(25,26)27)18(9-13)29-21(32)28-17-8-6-14(23)11-16(17)24/h5-9,11-12,20H,3-4,10H2,1-2H3,(H,30,31)(H2,28,29,32)/t12?,20-/m1/s1. The van der Waals surface area contributed by atoms with Crippen molar-refractivity contribution in [2.24, 2.45) is 0 Å². The zero-order valence-electron chi connectivity index (χ0n) is 17.8. The number of carbonyl (C=O) groups is 2. The number of alkyl halides is 3. The fraction of sp³-hybridized carbons (Fsp3) is 0.364. The number of anilines is 2. The van der Waals surface area contributed by atoms with Crippen LogP contribution in [0.1, 0.15) is 49.8 Å². The molecule has 0 bridgehead atoms. The van der Waals surface area contributed by atoms with E-state index in [9.17, 15) is 27.2 Å². The molecule has 2 atom stereocenters. The van der Waals surface area contributed by atoms with Crippen LogP contribution in [0.25, 0.3) is 0 Å². The average Bonchev–Trinajstić information content (AvgIpc) is 2.71. The Morgan fingerprint density at radius 1 is 1.09 bits per heavy atom. The van der Waals surface area contributed by atoms with E-state index in [4.69, 9.17) is 21.4 Å². The Morgan fingerprint density at radius 2 is 1.76 bits per heavy atom. The Balaban J connectivity index is 2.46. The van der Waals surface area contributed by atoms with Crippen LogP contribution in [0, 0.1) is 5.82 Å². The zero-order valence-corrected chi connectivity index (χ0v) is 18.6. The van der Waals surface area contributed by atoms with E-state index in [1.54, 1.807) is 6.92 Å². The van der Waals surface area contributed by atoms with E-state index in [1.165, 1.54) is 31.2 Å². The number of hydrogen-bond acceptors (Lipinski definition) is 3. The molecule has 2 amide bonds. The Morgan fingerprint density at radius 3 is 2.30 bits per heavy atom. The lowest BCUT2D eigenvalue weighted by molar-refractivity contribution is -0.222. The van der Waals surface area contributed by atoms with Crippen LogP contribution >= 0.6 is 11.6 Å². The maximum atomic E-state index is 14.0. The molecule has 0 fully saturated rings. The van der Waals surface area contributed by atoms with Crippen LogP contribution in [-0.4, -0.2) is 29.9 Å². The van der Waals surface area contributed by atoms with Gasteiger partial charge < -0.3 is 20.5 Å².